The van der Waals surface area contributed by atoms with Gasteiger partial charge in [-0.05, 0) is 38.1 Å². The van der Waals surface area contributed by atoms with Gasteiger partial charge < -0.3 is 10.2 Å². The van der Waals surface area contributed by atoms with Gasteiger partial charge in [0.15, 0.2) is 0 Å². The smallest absolute Gasteiger partial charge is 0.241 e. The number of hydrogen-bond acceptors (Lipinski definition) is 4. The van der Waals surface area contributed by atoms with Crippen molar-refractivity contribution in [2.75, 3.05) is 19.6 Å². The molecule has 0 radical (unpaired) electrons. The molecule has 0 spiro atoms. The van der Waals surface area contributed by atoms with Crippen LogP contribution in [0.25, 0.3) is 0 Å². The van der Waals surface area contributed by atoms with Crippen LogP contribution < -0.4 is 10.0 Å². The second-order valence-corrected chi connectivity index (χ2v) is 7.53. The first-order chi connectivity index (χ1) is 10.3. The molecule has 1 heterocycles. The Morgan fingerprint density at radius 2 is 2.00 bits per heavy atom. The Labute approximate surface area is 148 Å². The van der Waals surface area contributed by atoms with Gasteiger partial charge in [-0.2, -0.15) is 4.72 Å². The molecule has 0 aromatic heterocycles. The zero-order chi connectivity index (χ0) is 16.3. The molecule has 2 atom stereocenters. The number of halogens is 2. The van der Waals surface area contributed by atoms with E-state index >= 15 is 0 Å². The van der Waals surface area contributed by atoms with Crippen LogP contribution >= 0.6 is 24.0 Å². The lowest BCUT2D eigenvalue weighted by molar-refractivity contribution is -0.135. The summed E-state index contributed by atoms with van der Waals surface area (Å²) in [6.07, 6.45) is 0. The molecule has 1 aromatic carbocycles. The lowest BCUT2D eigenvalue weighted by Crippen LogP contribution is -2.57. The molecule has 0 bridgehead atoms. The molecule has 1 aliphatic heterocycles. The number of carbonyl (C=O) groups is 1. The fourth-order valence-corrected chi connectivity index (χ4v) is 3.70. The van der Waals surface area contributed by atoms with E-state index in [4.69, 9.17) is 11.6 Å². The predicted octanol–water partition coefficient (Wildman–Crippen LogP) is 1.25. The number of amides is 1. The lowest BCUT2D eigenvalue weighted by atomic mass is 10.2. The summed E-state index contributed by atoms with van der Waals surface area (Å²) in [5.74, 6) is -0.216. The first kappa shape index (κ1) is 20.2. The van der Waals surface area contributed by atoms with Crippen molar-refractivity contribution in [1.29, 1.82) is 0 Å². The molecule has 1 aromatic rings. The molecule has 0 aliphatic carbocycles. The summed E-state index contributed by atoms with van der Waals surface area (Å²) in [6, 6.07) is 5.05. The fourth-order valence-electron chi connectivity index (χ4n) is 2.38. The summed E-state index contributed by atoms with van der Waals surface area (Å²) in [5, 5.41) is 3.65. The molecule has 1 aliphatic rings. The molecule has 1 saturated heterocycles. The third-order valence-electron chi connectivity index (χ3n) is 3.61. The summed E-state index contributed by atoms with van der Waals surface area (Å²) < 4.78 is 27.0. The van der Waals surface area contributed by atoms with E-state index in [0.29, 0.717) is 24.7 Å². The molecule has 2 rings (SSSR count). The van der Waals surface area contributed by atoms with E-state index in [0.717, 1.165) is 0 Å². The van der Waals surface area contributed by atoms with Gasteiger partial charge in [0.05, 0.1) is 10.9 Å². The van der Waals surface area contributed by atoms with Gasteiger partial charge in [0.2, 0.25) is 15.9 Å². The molecule has 130 valence electrons. The van der Waals surface area contributed by atoms with Gasteiger partial charge in [0, 0.05) is 30.7 Å². The third-order valence-corrected chi connectivity index (χ3v) is 5.42. The van der Waals surface area contributed by atoms with Crippen LogP contribution in [0, 0.1) is 0 Å². The molecule has 0 saturated carbocycles. The Morgan fingerprint density at radius 3 is 2.57 bits per heavy atom. The van der Waals surface area contributed by atoms with Crippen LogP contribution in [0.2, 0.25) is 5.02 Å². The highest BCUT2D eigenvalue weighted by Crippen LogP contribution is 2.15. The molecule has 2 N–H and O–H groups in total. The number of benzene rings is 1. The third kappa shape index (κ3) is 5.06. The van der Waals surface area contributed by atoms with Gasteiger partial charge in [0.25, 0.3) is 0 Å². The van der Waals surface area contributed by atoms with Gasteiger partial charge in [-0.25, -0.2) is 8.42 Å². The highest BCUT2D eigenvalue weighted by molar-refractivity contribution is 7.89. The van der Waals surface area contributed by atoms with Crippen LogP contribution in [-0.2, 0) is 14.8 Å². The van der Waals surface area contributed by atoms with Crippen molar-refractivity contribution < 1.29 is 13.2 Å². The summed E-state index contributed by atoms with van der Waals surface area (Å²) >= 11 is 5.75. The van der Waals surface area contributed by atoms with Gasteiger partial charge in [-0.3, -0.25) is 4.79 Å². The van der Waals surface area contributed by atoms with Crippen molar-refractivity contribution in [2.45, 2.75) is 30.8 Å². The molecular formula is C14H21Cl2N3O3S. The van der Waals surface area contributed by atoms with Gasteiger partial charge in [-0.15, -0.1) is 12.4 Å². The number of nitrogens with one attached hydrogen (secondary N) is 2. The molecule has 1 amide bonds. The number of nitrogens with zero attached hydrogens (tertiary/aromatic N) is 1. The van der Waals surface area contributed by atoms with Gasteiger partial charge in [0.1, 0.15) is 0 Å². The van der Waals surface area contributed by atoms with Gasteiger partial charge in [-0.1, -0.05) is 11.6 Å². The van der Waals surface area contributed by atoms with Crippen LogP contribution in [0.15, 0.2) is 29.2 Å². The standard InChI is InChI=1S/C14H20ClN3O3S.ClH/c1-10-9-16-7-8-18(10)14(19)11(2)17-22(20,21)13-5-3-12(15)4-6-13;/h3-6,10-11,16-17H,7-9H2,1-2H3;1H/t10-,11?;/m0./s1. The quantitative estimate of drug-likeness (QED) is 0.822. The first-order valence-corrected chi connectivity index (χ1v) is 8.96. The molecule has 9 heteroatoms. The van der Waals surface area contributed by atoms with Crippen LogP contribution in [0.1, 0.15) is 13.8 Å². The minimum atomic E-state index is -3.75. The van der Waals surface area contributed by atoms with Gasteiger partial charge >= 0.3 is 0 Å². The number of carbonyl (C=O) groups excluding carboxylic acids is 1. The Bertz CT molecular complexity index is 637. The Balaban J connectivity index is 0.00000264. The number of sulfonamides is 1. The normalized spacial score (nSPS) is 19.8. The van der Waals surface area contributed by atoms with E-state index in [-0.39, 0.29) is 29.3 Å². The molecule has 6 nitrogen and oxygen atoms in total. The van der Waals surface area contributed by atoms with E-state index in [9.17, 15) is 13.2 Å². The number of rotatable bonds is 4. The molecule has 1 unspecified atom stereocenters. The average molecular weight is 382 g/mol. The van der Waals surface area contributed by atoms with Crippen molar-refractivity contribution in [3.63, 3.8) is 0 Å². The second-order valence-electron chi connectivity index (χ2n) is 5.38. The zero-order valence-electron chi connectivity index (χ0n) is 13.0. The monoisotopic (exact) mass is 381 g/mol. The minimum absolute atomic E-state index is 0. The number of hydrogen-bond donors (Lipinski definition) is 2. The maximum Gasteiger partial charge on any atom is 0.241 e. The largest absolute Gasteiger partial charge is 0.336 e. The maximum absolute atomic E-state index is 12.4. The highest BCUT2D eigenvalue weighted by atomic mass is 35.5. The molecular weight excluding hydrogens is 361 g/mol. The summed E-state index contributed by atoms with van der Waals surface area (Å²) in [5.41, 5.74) is 0. The van der Waals surface area contributed by atoms with Crippen molar-refractivity contribution in [1.82, 2.24) is 14.9 Å². The summed E-state index contributed by atoms with van der Waals surface area (Å²) in [6.45, 7) is 5.50. The van der Waals surface area contributed by atoms with E-state index in [1.165, 1.54) is 24.3 Å². The lowest BCUT2D eigenvalue weighted by Gasteiger charge is -2.35. The van der Waals surface area contributed by atoms with Crippen molar-refractivity contribution in [3.05, 3.63) is 29.3 Å². The SMILES string of the molecule is CC(NS(=O)(=O)c1ccc(Cl)cc1)C(=O)N1CCNC[C@@H]1C.Cl. The molecule has 23 heavy (non-hydrogen) atoms. The van der Waals surface area contributed by atoms with Crippen molar-refractivity contribution in [2.24, 2.45) is 0 Å². The maximum atomic E-state index is 12.4. The van der Waals surface area contributed by atoms with E-state index < -0.39 is 16.1 Å². The topological polar surface area (TPSA) is 78.5 Å². The highest BCUT2D eigenvalue weighted by Gasteiger charge is 2.29. The first-order valence-electron chi connectivity index (χ1n) is 7.10. The second kappa shape index (κ2) is 8.30. The van der Waals surface area contributed by atoms with Crippen LogP contribution in [0.3, 0.4) is 0 Å². The van der Waals surface area contributed by atoms with Crippen LogP contribution in [0.4, 0.5) is 0 Å². The Morgan fingerprint density at radius 1 is 1.39 bits per heavy atom. The summed E-state index contributed by atoms with van der Waals surface area (Å²) in [7, 11) is -3.75. The summed E-state index contributed by atoms with van der Waals surface area (Å²) in [4.78, 5) is 14.2. The fraction of sp³-hybridized carbons (Fsp3) is 0.500. The van der Waals surface area contributed by atoms with E-state index in [1.54, 1.807) is 11.8 Å². The van der Waals surface area contributed by atoms with E-state index in [1.807, 2.05) is 6.92 Å². The minimum Gasteiger partial charge on any atom is -0.336 e. The van der Waals surface area contributed by atoms with E-state index in [2.05, 4.69) is 10.0 Å². The van der Waals surface area contributed by atoms with Crippen LogP contribution in [-0.4, -0.2) is 50.9 Å². The van der Waals surface area contributed by atoms with Crippen molar-refractivity contribution >= 4 is 39.9 Å². The Kier molecular flexibility index (Phi) is 7.29. The molecule has 1 fully saturated rings. The zero-order valence-corrected chi connectivity index (χ0v) is 15.3. The average Bonchev–Trinajstić information content (AvgIpc) is 2.47. The van der Waals surface area contributed by atoms with Crippen molar-refractivity contribution in [3.8, 4) is 0 Å². The predicted molar refractivity (Wildman–Crippen MR) is 92.5 cm³/mol. The number of piperazine rings is 1. The Hall–Kier alpha value is -0.860. The van der Waals surface area contributed by atoms with Crippen LogP contribution in [0.5, 0.6) is 0 Å².